The quantitative estimate of drug-likeness (QED) is 0.350. The molecule has 0 fully saturated rings. The minimum atomic E-state index is -3.66. The summed E-state index contributed by atoms with van der Waals surface area (Å²) in [4.78, 5) is 21.7. The summed E-state index contributed by atoms with van der Waals surface area (Å²) in [5, 5.41) is 2.82. The zero-order valence-corrected chi connectivity index (χ0v) is 21.6. The van der Waals surface area contributed by atoms with Gasteiger partial charge in [0.05, 0.1) is 29.9 Å². The number of aryl methyl sites for hydroxylation is 1. The van der Waals surface area contributed by atoms with Gasteiger partial charge in [0.2, 0.25) is 9.84 Å². The third-order valence-electron chi connectivity index (χ3n) is 5.78. The van der Waals surface area contributed by atoms with E-state index in [-0.39, 0.29) is 17.0 Å². The molecule has 9 heteroatoms. The largest absolute Gasteiger partial charge is 0.496 e. The van der Waals surface area contributed by atoms with Crippen molar-refractivity contribution in [3.8, 4) is 28.1 Å². The van der Waals surface area contributed by atoms with E-state index < -0.39 is 21.7 Å². The van der Waals surface area contributed by atoms with Gasteiger partial charge in [0, 0.05) is 30.6 Å². The van der Waals surface area contributed by atoms with Crippen molar-refractivity contribution in [2.75, 3.05) is 20.2 Å². The molecule has 0 saturated carbocycles. The highest BCUT2D eigenvalue weighted by Crippen LogP contribution is 2.33. The Labute approximate surface area is 216 Å². The van der Waals surface area contributed by atoms with Gasteiger partial charge < -0.3 is 14.8 Å². The Balaban J connectivity index is 1.54. The molecule has 0 aliphatic carbocycles. The molecule has 1 N–H and O–H groups in total. The molecule has 190 valence electrons. The number of benzene rings is 2. The average molecular weight is 518 g/mol. The van der Waals surface area contributed by atoms with Gasteiger partial charge in [-0.3, -0.25) is 14.8 Å². The average Bonchev–Trinajstić information content (AvgIpc) is 2.92. The van der Waals surface area contributed by atoms with Crippen LogP contribution in [0.3, 0.4) is 0 Å². The lowest BCUT2D eigenvalue weighted by molar-refractivity contribution is 0.0950. The van der Waals surface area contributed by atoms with Crippen LogP contribution in [0.5, 0.6) is 5.75 Å². The van der Waals surface area contributed by atoms with Crippen LogP contribution in [0.25, 0.3) is 22.4 Å². The lowest BCUT2D eigenvalue weighted by atomic mass is 10.0. The first-order chi connectivity index (χ1) is 17.8. The summed E-state index contributed by atoms with van der Waals surface area (Å²) in [6.45, 7) is 1.85. The number of amides is 1. The van der Waals surface area contributed by atoms with Gasteiger partial charge in [0.15, 0.2) is 5.94 Å². The molecule has 0 bridgehead atoms. The van der Waals surface area contributed by atoms with Crippen LogP contribution < -0.4 is 10.1 Å². The van der Waals surface area contributed by atoms with Crippen molar-refractivity contribution in [1.82, 2.24) is 15.3 Å². The van der Waals surface area contributed by atoms with E-state index in [2.05, 4.69) is 15.3 Å². The van der Waals surface area contributed by atoms with Crippen molar-refractivity contribution in [2.24, 2.45) is 0 Å². The van der Waals surface area contributed by atoms with Gasteiger partial charge in [-0.25, -0.2) is 8.42 Å². The number of sulfone groups is 1. The van der Waals surface area contributed by atoms with Crippen LogP contribution in [0.15, 0.2) is 84.0 Å². The predicted molar refractivity (Wildman–Crippen MR) is 141 cm³/mol. The SMILES string of the molecule is COCS(=O)(=O)c1cc(C(=O)NCc2cc(-c3ccc(OC)c(-c4ccccn4)c3)ccn2)ccc1C. The number of ether oxygens (including phenoxy) is 2. The topological polar surface area (TPSA) is 107 Å². The van der Waals surface area contributed by atoms with Gasteiger partial charge in [-0.1, -0.05) is 18.2 Å². The molecule has 8 nitrogen and oxygen atoms in total. The first kappa shape index (κ1) is 26.0. The Hall–Kier alpha value is -4.08. The molecule has 0 radical (unpaired) electrons. The van der Waals surface area contributed by atoms with Crippen molar-refractivity contribution in [1.29, 1.82) is 0 Å². The third kappa shape index (κ3) is 6.02. The minimum Gasteiger partial charge on any atom is -0.496 e. The van der Waals surface area contributed by atoms with Crippen molar-refractivity contribution in [2.45, 2.75) is 18.4 Å². The first-order valence-electron chi connectivity index (χ1n) is 11.5. The lowest BCUT2D eigenvalue weighted by Gasteiger charge is -2.12. The molecule has 0 spiro atoms. The van der Waals surface area contributed by atoms with E-state index in [9.17, 15) is 13.2 Å². The highest BCUT2D eigenvalue weighted by Gasteiger charge is 2.19. The second kappa shape index (κ2) is 11.3. The molecule has 0 unspecified atom stereocenters. The Kier molecular flexibility index (Phi) is 7.95. The van der Waals surface area contributed by atoms with Gasteiger partial charge >= 0.3 is 0 Å². The lowest BCUT2D eigenvalue weighted by Crippen LogP contribution is -2.24. The van der Waals surface area contributed by atoms with E-state index in [1.165, 1.54) is 13.2 Å². The fourth-order valence-electron chi connectivity index (χ4n) is 3.93. The number of hydrogen-bond donors (Lipinski definition) is 1. The van der Waals surface area contributed by atoms with Crippen molar-refractivity contribution >= 4 is 15.7 Å². The second-order valence-electron chi connectivity index (χ2n) is 8.35. The molecule has 0 atom stereocenters. The van der Waals surface area contributed by atoms with Gasteiger partial charge in [-0.15, -0.1) is 0 Å². The Morgan fingerprint density at radius 3 is 2.46 bits per heavy atom. The summed E-state index contributed by atoms with van der Waals surface area (Å²) in [6.07, 6.45) is 3.42. The molecule has 0 aliphatic heterocycles. The maximum Gasteiger partial charge on any atom is 0.251 e. The zero-order chi connectivity index (χ0) is 26.4. The summed E-state index contributed by atoms with van der Waals surface area (Å²) in [5.41, 5.74) is 4.98. The van der Waals surface area contributed by atoms with Crippen molar-refractivity contribution in [3.05, 3.63) is 95.9 Å². The number of methoxy groups -OCH3 is 2. The molecule has 0 saturated heterocycles. The molecule has 37 heavy (non-hydrogen) atoms. The van der Waals surface area contributed by atoms with Crippen LogP contribution in [-0.4, -0.2) is 44.5 Å². The highest BCUT2D eigenvalue weighted by atomic mass is 32.2. The normalized spacial score (nSPS) is 11.2. The van der Waals surface area contributed by atoms with Gasteiger partial charge in [-0.2, -0.15) is 0 Å². The number of carbonyl (C=O) groups is 1. The maximum atomic E-state index is 12.8. The summed E-state index contributed by atoms with van der Waals surface area (Å²) in [5.74, 6) is -0.139. The standard InChI is InChI=1S/C28H27N3O5S/c1-19-7-8-22(16-27(19)37(33,34)18-35-2)28(32)31-17-23-14-21(11-13-29-23)20-9-10-26(36-3)24(15-20)25-6-4-5-12-30-25/h4-16H,17-18H2,1-3H3,(H,31,32). The third-order valence-corrected chi connectivity index (χ3v) is 7.43. The molecular formula is C28H27N3O5S. The molecule has 2 heterocycles. The van der Waals surface area contributed by atoms with Crippen LogP contribution in [-0.2, 0) is 21.1 Å². The van der Waals surface area contributed by atoms with Crippen LogP contribution in [0.1, 0.15) is 21.6 Å². The minimum absolute atomic E-state index is 0.0744. The molecule has 0 aliphatic rings. The first-order valence-corrected chi connectivity index (χ1v) is 13.1. The highest BCUT2D eigenvalue weighted by molar-refractivity contribution is 7.91. The van der Waals surface area contributed by atoms with Crippen LogP contribution >= 0.6 is 0 Å². The number of hydrogen-bond acceptors (Lipinski definition) is 7. The molecule has 2 aromatic carbocycles. The van der Waals surface area contributed by atoms with E-state index in [1.54, 1.807) is 38.6 Å². The Morgan fingerprint density at radius 1 is 0.919 bits per heavy atom. The predicted octanol–water partition coefficient (Wildman–Crippen LogP) is 4.44. The fourth-order valence-corrected chi connectivity index (χ4v) is 5.23. The number of nitrogens with zero attached hydrogens (tertiary/aromatic N) is 2. The van der Waals surface area contributed by atoms with E-state index >= 15 is 0 Å². The summed E-state index contributed by atoms with van der Waals surface area (Å²) in [6, 6.07) is 19.9. The van der Waals surface area contributed by atoms with Gasteiger partial charge in [0.1, 0.15) is 5.75 Å². The van der Waals surface area contributed by atoms with Crippen molar-refractivity contribution < 1.29 is 22.7 Å². The Morgan fingerprint density at radius 2 is 1.73 bits per heavy atom. The second-order valence-corrected chi connectivity index (χ2v) is 10.3. The molecule has 2 aromatic heterocycles. The smallest absolute Gasteiger partial charge is 0.251 e. The number of pyridine rings is 2. The molecule has 4 rings (SSSR count). The van der Waals surface area contributed by atoms with E-state index in [0.29, 0.717) is 17.0 Å². The fraction of sp³-hybridized carbons (Fsp3) is 0.179. The van der Waals surface area contributed by atoms with Gasteiger partial charge in [0.25, 0.3) is 5.91 Å². The van der Waals surface area contributed by atoms with E-state index in [0.717, 1.165) is 22.4 Å². The molecular weight excluding hydrogens is 490 g/mol. The van der Waals surface area contributed by atoms with Crippen LogP contribution in [0.2, 0.25) is 0 Å². The summed E-state index contributed by atoms with van der Waals surface area (Å²) < 4.78 is 35.2. The van der Waals surface area contributed by atoms with Gasteiger partial charge in [-0.05, 0) is 72.1 Å². The summed E-state index contributed by atoms with van der Waals surface area (Å²) >= 11 is 0. The molecule has 1 amide bonds. The monoisotopic (exact) mass is 517 g/mol. The van der Waals surface area contributed by atoms with E-state index in [4.69, 9.17) is 9.47 Å². The number of aromatic nitrogens is 2. The van der Waals surface area contributed by atoms with E-state index in [1.807, 2.05) is 48.5 Å². The summed E-state index contributed by atoms with van der Waals surface area (Å²) in [7, 11) is -0.718. The number of nitrogens with one attached hydrogen (secondary N) is 1. The zero-order valence-electron chi connectivity index (χ0n) is 20.8. The Bertz CT molecular complexity index is 1520. The van der Waals surface area contributed by atoms with Crippen molar-refractivity contribution in [3.63, 3.8) is 0 Å². The number of rotatable bonds is 9. The van der Waals surface area contributed by atoms with Crippen LogP contribution in [0.4, 0.5) is 0 Å². The molecule has 4 aromatic rings. The van der Waals surface area contributed by atoms with Crippen LogP contribution in [0, 0.1) is 6.92 Å². The number of carbonyl (C=O) groups excluding carboxylic acids is 1. The maximum absolute atomic E-state index is 12.8.